The molecule has 4 heteroatoms. The van der Waals surface area contributed by atoms with Crippen LogP contribution in [-0.2, 0) is 0 Å². The average Bonchev–Trinajstić information content (AvgIpc) is 1.88. The van der Waals surface area contributed by atoms with Crippen molar-refractivity contribution in [1.82, 2.24) is 9.97 Å². The van der Waals surface area contributed by atoms with E-state index < -0.39 is 5.97 Å². The van der Waals surface area contributed by atoms with Gasteiger partial charge in [-0.05, 0) is 13.0 Å². The van der Waals surface area contributed by atoms with E-state index in [2.05, 4.69) is 9.97 Å². The predicted molar refractivity (Wildman–Crippen MR) is 33.7 cm³/mol. The van der Waals surface area contributed by atoms with Crippen molar-refractivity contribution in [3.8, 4) is 0 Å². The smallest absolute Gasteiger partial charge is 0.354 e. The number of carbonyl (C=O) groups is 1. The minimum Gasteiger partial charge on any atom is -0.477 e. The summed E-state index contributed by atoms with van der Waals surface area (Å²) in [5, 5.41) is 8.42. The van der Waals surface area contributed by atoms with Gasteiger partial charge < -0.3 is 5.11 Å². The Morgan fingerprint density at radius 3 is 2.80 bits per heavy atom. The zero-order valence-electron chi connectivity index (χ0n) is 5.40. The van der Waals surface area contributed by atoms with Crippen LogP contribution in [0, 0.1) is 6.92 Å². The molecule has 0 unspecified atom stereocenters. The second kappa shape index (κ2) is 2.43. The molecule has 0 aliphatic carbocycles. The van der Waals surface area contributed by atoms with Gasteiger partial charge in [0.15, 0.2) is 5.69 Å². The van der Waals surface area contributed by atoms with Gasteiger partial charge in [0.25, 0.3) is 0 Å². The van der Waals surface area contributed by atoms with E-state index in [1.165, 1.54) is 12.3 Å². The van der Waals surface area contributed by atoms with Gasteiger partial charge in [-0.15, -0.1) is 0 Å². The molecule has 1 aromatic heterocycles. The van der Waals surface area contributed by atoms with Crippen LogP contribution in [0.25, 0.3) is 0 Å². The third-order valence-electron chi connectivity index (χ3n) is 0.995. The second-order valence-corrected chi connectivity index (χ2v) is 1.79. The quantitative estimate of drug-likeness (QED) is 0.613. The highest BCUT2D eigenvalue weighted by atomic mass is 16.4. The molecule has 1 N–H and O–H groups in total. The summed E-state index contributed by atoms with van der Waals surface area (Å²) in [6.07, 6.45) is 1.42. The van der Waals surface area contributed by atoms with Crippen molar-refractivity contribution in [2.45, 2.75) is 6.92 Å². The Morgan fingerprint density at radius 1 is 1.70 bits per heavy atom. The molecule has 10 heavy (non-hydrogen) atoms. The van der Waals surface area contributed by atoms with Crippen LogP contribution < -0.4 is 0 Å². The van der Waals surface area contributed by atoms with E-state index in [0.29, 0.717) is 5.82 Å². The standard InChI is InChI=1S/C6H6N2O2/c1-4-7-3-2-5(8-4)6(9)10/h2-3H,1H3,(H,9,10). The third-order valence-corrected chi connectivity index (χ3v) is 0.995. The first-order chi connectivity index (χ1) is 4.70. The van der Waals surface area contributed by atoms with Gasteiger partial charge in [-0.3, -0.25) is 0 Å². The van der Waals surface area contributed by atoms with Gasteiger partial charge in [0, 0.05) is 6.20 Å². The van der Waals surface area contributed by atoms with Gasteiger partial charge in [-0.1, -0.05) is 0 Å². The normalized spacial score (nSPS) is 9.30. The predicted octanol–water partition coefficient (Wildman–Crippen LogP) is 0.483. The highest BCUT2D eigenvalue weighted by Gasteiger charge is 2.02. The van der Waals surface area contributed by atoms with E-state index in [0.717, 1.165) is 0 Å². The van der Waals surface area contributed by atoms with Crippen LogP contribution in [0.15, 0.2) is 12.3 Å². The lowest BCUT2D eigenvalue weighted by molar-refractivity contribution is 0.0690. The number of aromatic nitrogens is 2. The molecule has 52 valence electrons. The molecular weight excluding hydrogens is 132 g/mol. The van der Waals surface area contributed by atoms with Crippen LogP contribution in [-0.4, -0.2) is 21.0 Å². The summed E-state index contributed by atoms with van der Waals surface area (Å²) in [6, 6.07) is 1.36. The molecule has 0 aromatic carbocycles. The zero-order valence-corrected chi connectivity index (χ0v) is 5.40. The van der Waals surface area contributed by atoms with Gasteiger partial charge in [0.2, 0.25) is 0 Å². The first kappa shape index (κ1) is 6.67. The lowest BCUT2D eigenvalue weighted by atomic mass is 10.4. The SMILES string of the molecule is Cc1nccc(C(=O)O)n1. The van der Waals surface area contributed by atoms with E-state index >= 15 is 0 Å². The number of rotatable bonds is 1. The van der Waals surface area contributed by atoms with Gasteiger partial charge in [-0.2, -0.15) is 0 Å². The van der Waals surface area contributed by atoms with Crippen LogP contribution in [0.1, 0.15) is 16.3 Å². The van der Waals surface area contributed by atoms with Gasteiger partial charge in [-0.25, -0.2) is 14.8 Å². The topological polar surface area (TPSA) is 63.1 Å². The molecule has 1 aromatic rings. The summed E-state index contributed by atoms with van der Waals surface area (Å²) in [4.78, 5) is 17.7. The number of nitrogens with zero attached hydrogens (tertiary/aromatic N) is 2. The average molecular weight is 138 g/mol. The third kappa shape index (κ3) is 1.28. The molecular formula is C6H6N2O2. The van der Waals surface area contributed by atoms with Crippen molar-refractivity contribution in [3.63, 3.8) is 0 Å². The van der Waals surface area contributed by atoms with Crippen molar-refractivity contribution in [2.75, 3.05) is 0 Å². The second-order valence-electron chi connectivity index (χ2n) is 1.79. The first-order valence-electron chi connectivity index (χ1n) is 2.73. The van der Waals surface area contributed by atoms with Gasteiger partial charge in [0.05, 0.1) is 0 Å². The maximum Gasteiger partial charge on any atom is 0.354 e. The Hall–Kier alpha value is -1.45. The first-order valence-corrected chi connectivity index (χ1v) is 2.73. The van der Waals surface area contributed by atoms with Crippen molar-refractivity contribution >= 4 is 5.97 Å². The number of carboxylic acid groups (broad SMARTS) is 1. The highest BCUT2D eigenvalue weighted by molar-refractivity contribution is 5.85. The molecule has 0 bridgehead atoms. The molecule has 0 saturated heterocycles. The minimum atomic E-state index is -1.02. The van der Waals surface area contributed by atoms with Crippen LogP contribution in [0.5, 0.6) is 0 Å². The number of aryl methyl sites for hydroxylation is 1. The largest absolute Gasteiger partial charge is 0.477 e. The maximum absolute atomic E-state index is 10.3. The fourth-order valence-electron chi connectivity index (χ4n) is 0.575. The van der Waals surface area contributed by atoms with E-state index in [4.69, 9.17) is 5.11 Å². The molecule has 0 atom stereocenters. The number of hydrogen-bond acceptors (Lipinski definition) is 3. The number of carboxylic acids is 1. The summed E-state index contributed by atoms with van der Waals surface area (Å²) in [7, 11) is 0. The summed E-state index contributed by atoms with van der Waals surface area (Å²) in [5.74, 6) is -0.551. The highest BCUT2D eigenvalue weighted by Crippen LogP contribution is 1.92. The maximum atomic E-state index is 10.3. The van der Waals surface area contributed by atoms with Gasteiger partial charge in [0.1, 0.15) is 5.82 Å². The molecule has 0 aliphatic rings. The van der Waals surface area contributed by atoms with Crippen molar-refractivity contribution in [1.29, 1.82) is 0 Å². The Kier molecular flexibility index (Phi) is 1.62. The number of hydrogen-bond donors (Lipinski definition) is 1. The van der Waals surface area contributed by atoms with Crippen LogP contribution in [0.3, 0.4) is 0 Å². The summed E-state index contributed by atoms with van der Waals surface area (Å²) >= 11 is 0. The molecule has 0 amide bonds. The molecule has 1 rings (SSSR count). The van der Waals surface area contributed by atoms with Gasteiger partial charge >= 0.3 is 5.97 Å². The van der Waals surface area contributed by atoms with Crippen LogP contribution in [0.4, 0.5) is 0 Å². The van der Waals surface area contributed by atoms with Crippen molar-refractivity contribution in [2.24, 2.45) is 0 Å². The van der Waals surface area contributed by atoms with Crippen molar-refractivity contribution < 1.29 is 9.90 Å². The van der Waals surface area contributed by atoms with E-state index in [1.54, 1.807) is 6.92 Å². The summed E-state index contributed by atoms with van der Waals surface area (Å²) < 4.78 is 0. The van der Waals surface area contributed by atoms with Crippen LogP contribution in [0.2, 0.25) is 0 Å². The Morgan fingerprint density at radius 2 is 2.40 bits per heavy atom. The Balaban J connectivity index is 3.07. The Bertz CT molecular complexity index is 260. The molecule has 0 aliphatic heterocycles. The van der Waals surface area contributed by atoms with E-state index in [-0.39, 0.29) is 5.69 Å². The van der Waals surface area contributed by atoms with Crippen molar-refractivity contribution in [3.05, 3.63) is 23.8 Å². The molecule has 0 radical (unpaired) electrons. The number of aromatic carboxylic acids is 1. The molecule has 1 heterocycles. The van der Waals surface area contributed by atoms with E-state index in [1.807, 2.05) is 0 Å². The fraction of sp³-hybridized carbons (Fsp3) is 0.167. The summed E-state index contributed by atoms with van der Waals surface area (Å²) in [6.45, 7) is 1.65. The zero-order chi connectivity index (χ0) is 7.56. The lowest BCUT2D eigenvalue weighted by Crippen LogP contribution is -2.01. The Labute approximate surface area is 57.6 Å². The lowest BCUT2D eigenvalue weighted by Gasteiger charge is -1.92. The molecule has 0 spiro atoms. The summed E-state index contributed by atoms with van der Waals surface area (Å²) in [5.41, 5.74) is 0.0347. The molecule has 0 saturated carbocycles. The molecule has 4 nitrogen and oxygen atoms in total. The molecule has 0 fully saturated rings. The minimum absolute atomic E-state index is 0.0347. The van der Waals surface area contributed by atoms with E-state index in [9.17, 15) is 4.79 Å². The fourth-order valence-corrected chi connectivity index (χ4v) is 0.575. The monoisotopic (exact) mass is 138 g/mol. The van der Waals surface area contributed by atoms with Crippen LogP contribution >= 0.6 is 0 Å².